The highest BCUT2D eigenvalue weighted by atomic mass is 35.5. The lowest BCUT2D eigenvalue weighted by molar-refractivity contribution is -0.137. The number of aromatic nitrogens is 3. The van der Waals surface area contributed by atoms with Crippen molar-refractivity contribution >= 4 is 17.3 Å². The Balaban J connectivity index is 2.55. The highest BCUT2D eigenvalue weighted by molar-refractivity contribution is 6.32. The van der Waals surface area contributed by atoms with Crippen LogP contribution in [-0.2, 0) is 6.18 Å². The molecule has 0 aromatic carbocycles. The monoisotopic (exact) mass is 304 g/mol. The molecule has 0 aliphatic heterocycles. The first-order valence-corrected chi connectivity index (χ1v) is 6.16. The summed E-state index contributed by atoms with van der Waals surface area (Å²) in [5.41, 5.74) is 5.98. The summed E-state index contributed by atoms with van der Waals surface area (Å²) in [6.45, 7) is 3.78. The third-order valence-corrected chi connectivity index (χ3v) is 3.01. The first-order valence-electron chi connectivity index (χ1n) is 5.78. The zero-order chi connectivity index (χ0) is 15.1. The Labute approximate surface area is 118 Å². The largest absolute Gasteiger partial charge is 0.417 e. The minimum absolute atomic E-state index is 0.0256. The minimum Gasteiger partial charge on any atom is -0.396 e. The number of nitrogen functional groups attached to an aromatic ring is 1. The maximum Gasteiger partial charge on any atom is 0.417 e. The second kappa shape index (κ2) is 4.97. The molecule has 0 aliphatic carbocycles. The number of nitrogens with two attached hydrogens (primary N) is 1. The maximum atomic E-state index is 12.6. The van der Waals surface area contributed by atoms with Gasteiger partial charge in [0.05, 0.1) is 28.2 Å². The normalized spacial score (nSPS) is 12.2. The van der Waals surface area contributed by atoms with Gasteiger partial charge < -0.3 is 5.73 Å². The lowest BCUT2D eigenvalue weighted by Gasteiger charge is -2.13. The minimum atomic E-state index is -4.49. The maximum absolute atomic E-state index is 12.6. The number of rotatable bonds is 2. The highest BCUT2D eigenvalue weighted by Crippen LogP contribution is 2.33. The summed E-state index contributed by atoms with van der Waals surface area (Å²) in [7, 11) is 0. The molecule has 0 spiro atoms. The van der Waals surface area contributed by atoms with Gasteiger partial charge in [-0.25, -0.2) is 9.67 Å². The fraction of sp³-hybridized carbons (Fsp3) is 0.333. The molecule has 0 amide bonds. The van der Waals surface area contributed by atoms with E-state index in [0.717, 1.165) is 12.3 Å². The van der Waals surface area contributed by atoms with Crippen molar-refractivity contribution in [3.05, 3.63) is 34.7 Å². The molecule has 2 aromatic rings. The van der Waals surface area contributed by atoms with Crippen LogP contribution in [0.25, 0.3) is 5.82 Å². The van der Waals surface area contributed by atoms with Crippen molar-refractivity contribution in [3.63, 3.8) is 0 Å². The third kappa shape index (κ3) is 2.58. The van der Waals surface area contributed by atoms with Crippen LogP contribution in [0.2, 0.25) is 5.02 Å². The number of hydrogen-bond acceptors (Lipinski definition) is 3. The molecule has 8 heteroatoms. The molecule has 108 valence electrons. The Kier molecular flexibility index (Phi) is 3.64. The molecule has 0 saturated carbocycles. The SMILES string of the molecule is CC(C)c1c(N)cnn1-c1ncc(C(F)(F)F)cc1Cl. The van der Waals surface area contributed by atoms with Gasteiger partial charge in [-0.15, -0.1) is 0 Å². The summed E-state index contributed by atoms with van der Waals surface area (Å²) < 4.78 is 39.1. The van der Waals surface area contributed by atoms with E-state index in [1.807, 2.05) is 13.8 Å². The molecule has 4 nitrogen and oxygen atoms in total. The predicted octanol–water partition coefficient (Wildman–Crippen LogP) is 3.65. The van der Waals surface area contributed by atoms with Crippen molar-refractivity contribution in [2.45, 2.75) is 25.9 Å². The smallest absolute Gasteiger partial charge is 0.396 e. The Bertz CT molecular complexity index is 634. The summed E-state index contributed by atoms with van der Waals surface area (Å²) in [5, 5.41) is 3.89. The third-order valence-electron chi connectivity index (χ3n) is 2.73. The van der Waals surface area contributed by atoms with E-state index in [9.17, 15) is 13.2 Å². The van der Waals surface area contributed by atoms with E-state index in [1.165, 1.54) is 10.9 Å². The van der Waals surface area contributed by atoms with Gasteiger partial charge >= 0.3 is 6.18 Å². The molecule has 2 aromatic heterocycles. The Morgan fingerprint density at radius 3 is 2.45 bits per heavy atom. The van der Waals surface area contributed by atoms with Crippen LogP contribution in [0.5, 0.6) is 0 Å². The van der Waals surface area contributed by atoms with Gasteiger partial charge in [0, 0.05) is 6.20 Å². The fourth-order valence-corrected chi connectivity index (χ4v) is 2.11. The second-order valence-electron chi connectivity index (χ2n) is 4.58. The summed E-state index contributed by atoms with van der Waals surface area (Å²) in [6, 6.07) is 0.825. The number of alkyl halides is 3. The van der Waals surface area contributed by atoms with E-state index in [4.69, 9.17) is 17.3 Å². The van der Waals surface area contributed by atoms with E-state index < -0.39 is 11.7 Å². The Morgan fingerprint density at radius 1 is 1.30 bits per heavy atom. The number of halogens is 4. The molecule has 0 saturated heterocycles. The van der Waals surface area contributed by atoms with Gasteiger partial charge in [-0.1, -0.05) is 25.4 Å². The van der Waals surface area contributed by atoms with Crippen molar-refractivity contribution in [1.29, 1.82) is 0 Å². The quantitative estimate of drug-likeness (QED) is 0.921. The lowest BCUT2D eigenvalue weighted by Crippen LogP contribution is -2.11. The first-order chi connectivity index (χ1) is 9.21. The average Bonchev–Trinajstić information content (AvgIpc) is 2.69. The van der Waals surface area contributed by atoms with E-state index in [-0.39, 0.29) is 16.8 Å². The zero-order valence-electron chi connectivity index (χ0n) is 10.7. The molecule has 0 unspecified atom stereocenters. The predicted molar refractivity (Wildman–Crippen MR) is 69.9 cm³/mol. The fourth-order valence-electron chi connectivity index (χ4n) is 1.86. The molecular weight excluding hydrogens is 293 g/mol. The molecule has 2 N–H and O–H groups in total. The van der Waals surface area contributed by atoms with Crippen LogP contribution in [0.3, 0.4) is 0 Å². The number of pyridine rings is 1. The van der Waals surface area contributed by atoms with E-state index >= 15 is 0 Å². The molecule has 0 radical (unpaired) electrons. The second-order valence-corrected chi connectivity index (χ2v) is 4.99. The van der Waals surface area contributed by atoms with Crippen LogP contribution in [0.1, 0.15) is 31.0 Å². The van der Waals surface area contributed by atoms with Crippen LogP contribution < -0.4 is 5.73 Å². The average molecular weight is 305 g/mol. The molecule has 0 fully saturated rings. The topological polar surface area (TPSA) is 56.7 Å². The van der Waals surface area contributed by atoms with Gasteiger partial charge in [0.1, 0.15) is 0 Å². The van der Waals surface area contributed by atoms with E-state index in [0.29, 0.717) is 11.4 Å². The summed E-state index contributed by atoms with van der Waals surface area (Å²) in [4.78, 5) is 3.76. The van der Waals surface area contributed by atoms with E-state index in [2.05, 4.69) is 10.1 Å². The molecule has 0 atom stereocenters. The van der Waals surface area contributed by atoms with Gasteiger partial charge in [-0.2, -0.15) is 18.3 Å². The number of anilines is 1. The summed E-state index contributed by atoms with van der Waals surface area (Å²) in [5.74, 6) is 0.151. The van der Waals surface area contributed by atoms with Crippen LogP contribution in [-0.4, -0.2) is 14.8 Å². The van der Waals surface area contributed by atoms with Crippen molar-refractivity contribution in [2.75, 3.05) is 5.73 Å². The number of hydrogen-bond donors (Lipinski definition) is 1. The van der Waals surface area contributed by atoms with Crippen LogP contribution >= 0.6 is 11.6 Å². The molecule has 20 heavy (non-hydrogen) atoms. The van der Waals surface area contributed by atoms with Crippen LogP contribution in [0.4, 0.5) is 18.9 Å². The molecule has 0 bridgehead atoms. The Hall–Kier alpha value is -1.76. The van der Waals surface area contributed by atoms with Crippen LogP contribution in [0.15, 0.2) is 18.5 Å². The van der Waals surface area contributed by atoms with E-state index in [1.54, 1.807) is 0 Å². The lowest BCUT2D eigenvalue weighted by atomic mass is 10.1. The van der Waals surface area contributed by atoms with Gasteiger partial charge in [0.15, 0.2) is 5.82 Å². The van der Waals surface area contributed by atoms with Gasteiger partial charge in [0.25, 0.3) is 0 Å². The van der Waals surface area contributed by atoms with Crippen molar-refractivity contribution in [1.82, 2.24) is 14.8 Å². The van der Waals surface area contributed by atoms with Gasteiger partial charge in [0.2, 0.25) is 0 Å². The highest BCUT2D eigenvalue weighted by Gasteiger charge is 2.32. The Morgan fingerprint density at radius 2 is 1.95 bits per heavy atom. The van der Waals surface area contributed by atoms with Crippen molar-refractivity contribution in [3.8, 4) is 5.82 Å². The van der Waals surface area contributed by atoms with Crippen LogP contribution in [0, 0.1) is 0 Å². The molecule has 2 heterocycles. The summed E-state index contributed by atoms with van der Waals surface area (Å²) in [6.07, 6.45) is -2.34. The molecular formula is C12H12ClF3N4. The van der Waals surface area contributed by atoms with Gasteiger partial charge in [-0.3, -0.25) is 0 Å². The molecule has 0 aliphatic rings. The van der Waals surface area contributed by atoms with Crippen molar-refractivity contribution in [2.24, 2.45) is 0 Å². The zero-order valence-corrected chi connectivity index (χ0v) is 11.5. The number of nitrogens with zero attached hydrogens (tertiary/aromatic N) is 3. The molecule has 2 rings (SSSR count). The summed E-state index contributed by atoms with van der Waals surface area (Å²) >= 11 is 5.89. The van der Waals surface area contributed by atoms with Gasteiger partial charge in [-0.05, 0) is 12.0 Å². The standard InChI is InChI=1S/C12H12ClF3N4/c1-6(2)10-9(17)5-19-20(10)11-8(13)3-7(4-18-11)12(14,15)16/h3-6H,17H2,1-2H3. The van der Waals surface area contributed by atoms with Crippen molar-refractivity contribution < 1.29 is 13.2 Å². The first kappa shape index (κ1) is 14.6.